The number of para-hydroxylation sites is 2. The van der Waals surface area contributed by atoms with Crippen molar-refractivity contribution >= 4 is 23.4 Å². The van der Waals surface area contributed by atoms with Crippen LogP contribution in [0.3, 0.4) is 0 Å². The first-order chi connectivity index (χ1) is 18.2. The van der Waals surface area contributed by atoms with Gasteiger partial charge in [-0.15, -0.1) is 11.8 Å². The van der Waals surface area contributed by atoms with Crippen LogP contribution in [0.1, 0.15) is 107 Å². The first-order valence-corrected chi connectivity index (χ1v) is 15.3. The van der Waals surface area contributed by atoms with Crippen molar-refractivity contribution in [1.29, 1.82) is 0 Å². The third-order valence-electron chi connectivity index (χ3n) is 6.81. The Morgan fingerprint density at radius 1 is 0.865 bits per heavy atom. The summed E-state index contributed by atoms with van der Waals surface area (Å²) in [6.07, 6.45) is 18.1. The average molecular weight is 523 g/mol. The van der Waals surface area contributed by atoms with E-state index in [4.69, 9.17) is 4.74 Å². The number of ether oxygens (including phenoxy) is 1. The van der Waals surface area contributed by atoms with E-state index in [9.17, 15) is 4.79 Å². The normalized spacial score (nSPS) is 13.0. The average Bonchev–Trinajstić information content (AvgIpc) is 3.32. The van der Waals surface area contributed by atoms with Gasteiger partial charge >= 0.3 is 0 Å². The number of hydrogen-bond donors (Lipinski definition) is 1. The van der Waals surface area contributed by atoms with Crippen LogP contribution in [-0.2, 0) is 6.54 Å². The number of carbonyl (C=O) groups is 1. The smallest absolute Gasteiger partial charge is 0.255 e. The maximum absolute atomic E-state index is 12.9. The molecule has 4 nitrogen and oxygen atoms in total. The Labute approximate surface area is 229 Å². The van der Waals surface area contributed by atoms with Gasteiger partial charge in [0.05, 0.1) is 18.2 Å². The third-order valence-corrected chi connectivity index (χ3v) is 7.84. The Hall–Kier alpha value is -2.40. The maximum atomic E-state index is 12.9. The van der Waals surface area contributed by atoms with Gasteiger partial charge < -0.3 is 15.0 Å². The molecule has 1 N–H and O–H groups in total. The summed E-state index contributed by atoms with van der Waals surface area (Å²) in [5.74, 6) is 1.62. The third kappa shape index (κ3) is 11.3. The van der Waals surface area contributed by atoms with E-state index in [1.54, 1.807) is 0 Å². The van der Waals surface area contributed by atoms with Gasteiger partial charge in [0.2, 0.25) is 0 Å². The molecule has 37 heavy (non-hydrogen) atoms. The van der Waals surface area contributed by atoms with Gasteiger partial charge in [-0.25, -0.2) is 0 Å². The van der Waals surface area contributed by atoms with Crippen molar-refractivity contribution in [2.45, 2.75) is 97.4 Å². The van der Waals surface area contributed by atoms with Crippen LogP contribution in [0.25, 0.3) is 0 Å². The minimum absolute atomic E-state index is 0.111. The Morgan fingerprint density at radius 3 is 2.11 bits per heavy atom. The number of rotatable bonds is 18. The van der Waals surface area contributed by atoms with Crippen LogP contribution in [0.2, 0.25) is 0 Å². The summed E-state index contributed by atoms with van der Waals surface area (Å²) in [7, 11) is 0. The zero-order valence-electron chi connectivity index (χ0n) is 23.0. The van der Waals surface area contributed by atoms with Crippen LogP contribution < -0.4 is 10.1 Å². The highest BCUT2D eigenvalue weighted by atomic mass is 32.2. The van der Waals surface area contributed by atoms with Gasteiger partial charge in [0.15, 0.2) is 0 Å². The fourth-order valence-corrected chi connectivity index (χ4v) is 5.38. The van der Waals surface area contributed by atoms with E-state index in [0.717, 1.165) is 30.3 Å². The van der Waals surface area contributed by atoms with E-state index in [1.807, 2.05) is 60.3 Å². The molecule has 0 spiro atoms. The summed E-state index contributed by atoms with van der Waals surface area (Å²) in [5.41, 5.74) is 2.58. The van der Waals surface area contributed by atoms with Crippen molar-refractivity contribution in [3.63, 3.8) is 0 Å². The monoisotopic (exact) mass is 522 g/mol. The fourth-order valence-electron chi connectivity index (χ4n) is 4.62. The Bertz CT molecular complexity index is 958. The van der Waals surface area contributed by atoms with E-state index in [2.05, 4.69) is 30.3 Å². The molecule has 1 heterocycles. The molecule has 1 aliphatic heterocycles. The number of benzene rings is 2. The molecule has 2 aromatic carbocycles. The predicted molar refractivity (Wildman–Crippen MR) is 159 cm³/mol. The molecule has 2 aromatic rings. The lowest BCUT2D eigenvalue weighted by Crippen LogP contribution is -2.14. The van der Waals surface area contributed by atoms with Gasteiger partial charge in [-0.1, -0.05) is 102 Å². The Balaban J connectivity index is 1.32. The summed E-state index contributed by atoms with van der Waals surface area (Å²) >= 11 is 1.86. The SMILES string of the molecule is CCCCCCCCCCCCCCOc1ccccc1NC(=O)c1ccc(CN2C=C(C)SC2)cc1. The van der Waals surface area contributed by atoms with Crippen LogP contribution in [0.15, 0.2) is 59.6 Å². The van der Waals surface area contributed by atoms with Crippen LogP contribution in [0.5, 0.6) is 5.75 Å². The highest BCUT2D eigenvalue weighted by Crippen LogP contribution is 2.27. The van der Waals surface area contributed by atoms with E-state index >= 15 is 0 Å². The van der Waals surface area contributed by atoms with Gasteiger partial charge in [0.25, 0.3) is 5.91 Å². The molecule has 202 valence electrons. The second-order valence-corrected chi connectivity index (χ2v) is 11.3. The Morgan fingerprint density at radius 2 is 1.49 bits per heavy atom. The fraction of sp³-hybridized carbons (Fsp3) is 0.531. The predicted octanol–water partition coefficient (Wildman–Crippen LogP) is 9.39. The minimum Gasteiger partial charge on any atom is -0.491 e. The lowest BCUT2D eigenvalue weighted by atomic mass is 10.1. The molecule has 0 aromatic heterocycles. The zero-order chi connectivity index (χ0) is 26.1. The molecule has 0 aliphatic carbocycles. The molecule has 0 bridgehead atoms. The molecular weight excluding hydrogens is 476 g/mol. The van der Waals surface area contributed by atoms with Crippen molar-refractivity contribution in [1.82, 2.24) is 4.90 Å². The molecule has 0 atom stereocenters. The molecule has 1 amide bonds. The lowest BCUT2D eigenvalue weighted by Gasteiger charge is -2.15. The number of unbranched alkanes of at least 4 members (excludes halogenated alkanes) is 11. The number of anilines is 1. The summed E-state index contributed by atoms with van der Waals surface area (Å²) < 4.78 is 6.04. The van der Waals surface area contributed by atoms with Gasteiger partial charge in [0.1, 0.15) is 5.75 Å². The number of amides is 1. The van der Waals surface area contributed by atoms with Crippen LogP contribution >= 0.6 is 11.8 Å². The van der Waals surface area contributed by atoms with Gasteiger partial charge in [-0.2, -0.15) is 0 Å². The number of hydrogen-bond acceptors (Lipinski definition) is 4. The summed E-state index contributed by atoms with van der Waals surface area (Å²) in [6.45, 7) is 5.96. The molecule has 0 saturated heterocycles. The van der Waals surface area contributed by atoms with Crippen molar-refractivity contribution in [2.24, 2.45) is 0 Å². The number of thioether (sulfide) groups is 1. The highest BCUT2D eigenvalue weighted by molar-refractivity contribution is 8.03. The lowest BCUT2D eigenvalue weighted by molar-refractivity contribution is 0.102. The summed E-state index contributed by atoms with van der Waals surface area (Å²) in [5, 5.41) is 3.03. The van der Waals surface area contributed by atoms with E-state index in [1.165, 1.54) is 81.1 Å². The highest BCUT2D eigenvalue weighted by Gasteiger charge is 2.12. The van der Waals surface area contributed by atoms with Gasteiger partial charge in [-0.05, 0) is 48.1 Å². The van der Waals surface area contributed by atoms with E-state index in [0.29, 0.717) is 12.2 Å². The van der Waals surface area contributed by atoms with Gasteiger partial charge in [-0.3, -0.25) is 4.79 Å². The second kappa shape index (κ2) is 17.2. The molecule has 5 heteroatoms. The topological polar surface area (TPSA) is 41.6 Å². The van der Waals surface area contributed by atoms with Gasteiger partial charge in [0, 0.05) is 18.3 Å². The van der Waals surface area contributed by atoms with Crippen molar-refractivity contribution < 1.29 is 9.53 Å². The molecule has 0 radical (unpaired) electrons. The van der Waals surface area contributed by atoms with Crippen LogP contribution in [0, 0.1) is 0 Å². The molecule has 0 fully saturated rings. The van der Waals surface area contributed by atoms with Crippen molar-refractivity contribution in [3.05, 3.63) is 70.8 Å². The number of carbonyl (C=O) groups excluding carboxylic acids is 1. The van der Waals surface area contributed by atoms with Crippen molar-refractivity contribution in [2.75, 3.05) is 17.8 Å². The summed E-state index contributed by atoms with van der Waals surface area (Å²) in [4.78, 5) is 16.5. The Kier molecular flexibility index (Phi) is 13.5. The molecular formula is C32H46N2O2S. The molecule has 0 saturated carbocycles. The number of allylic oxidation sites excluding steroid dienone is 1. The summed E-state index contributed by atoms with van der Waals surface area (Å²) in [6, 6.07) is 15.6. The molecule has 1 aliphatic rings. The second-order valence-electron chi connectivity index (χ2n) is 10.1. The quantitative estimate of drug-likeness (QED) is 0.198. The van der Waals surface area contributed by atoms with Crippen molar-refractivity contribution in [3.8, 4) is 5.75 Å². The van der Waals surface area contributed by atoms with E-state index < -0.39 is 0 Å². The first kappa shape index (κ1) is 29.2. The standard InChI is InChI=1S/C32H46N2O2S/c1-3-4-5-6-7-8-9-10-11-12-13-16-23-36-31-18-15-14-17-30(31)33-32(35)29-21-19-28(20-22-29)25-34-24-27(2)37-26-34/h14-15,17-22,24H,3-13,16,23,25-26H2,1-2H3,(H,33,35). The zero-order valence-corrected chi connectivity index (χ0v) is 23.8. The van der Waals surface area contributed by atoms with Crippen LogP contribution in [0.4, 0.5) is 5.69 Å². The molecule has 3 rings (SSSR count). The first-order valence-electron chi connectivity index (χ1n) is 14.3. The largest absolute Gasteiger partial charge is 0.491 e. The molecule has 0 unspecified atom stereocenters. The number of nitrogens with one attached hydrogen (secondary N) is 1. The minimum atomic E-state index is -0.111. The maximum Gasteiger partial charge on any atom is 0.255 e. The van der Waals surface area contributed by atoms with E-state index in [-0.39, 0.29) is 5.91 Å². The van der Waals surface area contributed by atoms with Crippen LogP contribution in [-0.4, -0.2) is 23.3 Å². The number of nitrogens with zero attached hydrogens (tertiary/aromatic N) is 1.